The van der Waals surface area contributed by atoms with Gasteiger partial charge in [-0.15, -0.1) is 0 Å². The van der Waals surface area contributed by atoms with E-state index in [-0.39, 0.29) is 6.04 Å². The van der Waals surface area contributed by atoms with Gasteiger partial charge in [0, 0.05) is 30.4 Å². The first-order valence-electron chi connectivity index (χ1n) is 7.30. The van der Waals surface area contributed by atoms with Crippen LogP contribution in [0.15, 0.2) is 18.2 Å². The first kappa shape index (κ1) is 14.2. The van der Waals surface area contributed by atoms with Crippen LogP contribution < -0.4 is 15.4 Å². The van der Waals surface area contributed by atoms with Crippen LogP contribution in [0.2, 0.25) is 0 Å². The fourth-order valence-electron chi connectivity index (χ4n) is 3.14. The Bertz CT molecular complexity index is 411. The lowest BCUT2D eigenvalue weighted by atomic mass is 9.93. The second-order valence-electron chi connectivity index (χ2n) is 5.58. The molecule has 0 heterocycles. The summed E-state index contributed by atoms with van der Waals surface area (Å²) < 4.78 is 5.48. The summed E-state index contributed by atoms with van der Waals surface area (Å²) in [6, 6.07) is 6.84. The molecule has 0 aromatic heterocycles. The van der Waals surface area contributed by atoms with E-state index in [0.29, 0.717) is 6.04 Å². The van der Waals surface area contributed by atoms with E-state index >= 15 is 0 Å². The fraction of sp³-hybridized carbons (Fsp3) is 0.625. The van der Waals surface area contributed by atoms with Crippen LogP contribution in [0.1, 0.15) is 50.6 Å². The molecule has 19 heavy (non-hydrogen) atoms. The van der Waals surface area contributed by atoms with Crippen LogP contribution in [-0.2, 0) is 0 Å². The molecular weight excluding hydrogens is 236 g/mol. The van der Waals surface area contributed by atoms with E-state index in [1.807, 2.05) is 13.0 Å². The highest BCUT2D eigenvalue weighted by Gasteiger charge is 2.22. The standard InChI is InChI=1S/C16H26N2O/c1-12(17)16-14(10-7-11-15(16)19-3)18(2)13-8-5-4-6-9-13/h7,10-13H,4-6,8-9,17H2,1-3H3/t12-/m1/s1. The van der Waals surface area contributed by atoms with Gasteiger partial charge in [-0.05, 0) is 31.9 Å². The second kappa shape index (κ2) is 6.29. The quantitative estimate of drug-likeness (QED) is 0.902. The number of hydrogen-bond acceptors (Lipinski definition) is 3. The van der Waals surface area contributed by atoms with Crippen molar-refractivity contribution >= 4 is 5.69 Å². The van der Waals surface area contributed by atoms with Gasteiger partial charge in [-0.1, -0.05) is 25.3 Å². The SMILES string of the molecule is COc1cccc(N(C)C2CCCCC2)c1[C@@H](C)N. The molecule has 1 atom stereocenters. The lowest BCUT2D eigenvalue weighted by Crippen LogP contribution is -2.34. The van der Waals surface area contributed by atoms with E-state index in [1.54, 1.807) is 7.11 Å². The molecule has 0 spiro atoms. The predicted molar refractivity (Wildman–Crippen MR) is 80.9 cm³/mol. The van der Waals surface area contributed by atoms with Crippen LogP contribution in [0.3, 0.4) is 0 Å². The van der Waals surface area contributed by atoms with E-state index in [0.717, 1.165) is 11.3 Å². The Hall–Kier alpha value is -1.22. The molecule has 0 unspecified atom stereocenters. The third-order valence-corrected chi connectivity index (χ3v) is 4.22. The van der Waals surface area contributed by atoms with Crippen LogP contribution in [0.4, 0.5) is 5.69 Å². The number of rotatable bonds is 4. The van der Waals surface area contributed by atoms with Crippen molar-refractivity contribution in [3.63, 3.8) is 0 Å². The zero-order valence-corrected chi connectivity index (χ0v) is 12.4. The summed E-state index contributed by atoms with van der Waals surface area (Å²) in [4.78, 5) is 2.40. The van der Waals surface area contributed by atoms with Gasteiger partial charge in [0.05, 0.1) is 7.11 Å². The van der Waals surface area contributed by atoms with Gasteiger partial charge in [-0.3, -0.25) is 0 Å². The molecule has 0 bridgehead atoms. The number of nitrogens with two attached hydrogens (primary N) is 1. The maximum Gasteiger partial charge on any atom is 0.125 e. The lowest BCUT2D eigenvalue weighted by molar-refractivity contribution is 0.404. The maximum atomic E-state index is 6.15. The number of hydrogen-bond donors (Lipinski definition) is 1. The number of methoxy groups -OCH3 is 1. The Morgan fingerprint density at radius 1 is 1.26 bits per heavy atom. The molecule has 1 fully saturated rings. The average molecular weight is 262 g/mol. The van der Waals surface area contributed by atoms with Crippen LogP contribution in [0, 0.1) is 0 Å². The number of nitrogens with zero attached hydrogens (tertiary/aromatic N) is 1. The normalized spacial score (nSPS) is 18.1. The predicted octanol–water partition coefficient (Wildman–Crippen LogP) is 3.48. The lowest BCUT2D eigenvalue weighted by Gasteiger charge is -2.35. The van der Waals surface area contributed by atoms with Crippen LogP contribution in [-0.4, -0.2) is 20.2 Å². The van der Waals surface area contributed by atoms with Gasteiger partial charge < -0.3 is 15.4 Å². The molecular formula is C16H26N2O. The van der Waals surface area contributed by atoms with Crippen LogP contribution in [0.25, 0.3) is 0 Å². The molecule has 0 aliphatic heterocycles. The van der Waals surface area contributed by atoms with Crippen molar-refractivity contribution in [2.24, 2.45) is 5.73 Å². The molecule has 106 valence electrons. The Morgan fingerprint density at radius 3 is 2.53 bits per heavy atom. The van der Waals surface area contributed by atoms with E-state index in [4.69, 9.17) is 10.5 Å². The maximum absolute atomic E-state index is 6.15. The average Bonchev–Trinajstić information content (AvgIpc) is 2.46. The summed E-state index contributed by atoms with van der Waals surface area (Å²) in [5.41, 5.74) is 8.50. The van der Waals surface area contributed by atoms with Gasteiger partial charge >= 0.3 is 0 Å². The van der Waals surface area contributed by atoms with Crippen molar-refractivity contribution in [2.45, 2.75) is 51.1 Å². The smallest absolute Gasteiger partial charge is 0.125 e. The van der Waals surface area contributed by atoms with Gasteiger partial charge in [-0.2, -0.15) is 0 Å². The molecule has 2 N–H and O–H groups in total. The number of benzene rings is 1. The van der Waals surface area contributed by atoms with Gasteiger partial charge in [0.25, 0.3) is 0 Å². The fourth-order valence-corrected chi connectivity index (χ4v) is 3.14. The Labute approximate surface area is 116 Å². The summed E-state index contributed by atoms with van der Waals surface area (Å²) in [6.45, 7) is 2.02. The first-order valence-corrected chi connectivity index (χ1v) is 7.30. The Kier molecular flexibility index (Phi) is 4.70. The third-order valence-electron chi connectivity index (χ3n) is 4.22. The summed E-state index contributed by atoms with van der Waals surface area (Å²) in [5.74, 6) is 0.898. The molecule has 2 rings (SSSR count). The van der Waals surface area contributed by atoms with Crippen molar-refractivity contribution in [3.8, 4) is 5.75 Å². The third kappa shape index (κ3) is 3.03. The van der Waals surface area contributed by atoms with E-state index in [2.05, 4.69) is 24.1 Å². The second-order valence-corrected chi connectivity index (χ2v) is 5.58. The minimum Gasteiger partial charge on any atom is -0.496 e. The summed E-state index contributed by atoms with van der Waals surface area (Å²) >= 11 is 0. The van der Waals surface area contributed by atoms with Gasteiger partial charge in [0.1, 0.15) is 5.75 Å². The zero-order valence-electron chi connectivity index (χ0n) is 12.4. The van der Waals surface area contributed by atoms with Crippen molar-refractivity contribution in [1.82, 2.24) is 0 Å². The summed E-state index contributed by atoms with van der Waals surface area (Å²) in [6.07, 6.45) is 6.62. The summed E-state index contributed by atoms with van der Waals surface area (Å²) in [7, 11) is 3.91. The highest BCUT2D eigenvalue weighted by atomic mass is 16.5. The Balaban J connectivity index is 2.32. The van der Waals surface area contributed by atoms with Crippen LogP contribution >= 0.6 is 0 Å². The largest absolute Gasteiger partial charge is 0.496 e. The van der Waals surface area contributed by atoms with Crippen molar-refractivity contribution < 1.29 is 4.74 Å². The molecule has 0 radical (unpaired) electrons. The molecule has 3 nitrogen and oxygen atoms in total. The molecule has 0 amide bonds. The highest BCUT2D eigenvalue weighted by molar-refractivity contribution is 5.61. The van der Waals surface area contributed by atoms with E-state index in [1.165, 1.54) is 37.8 Å². The molecule has 1 aliphatic rings. The van der Waals surface area contributed by atoms with Crippen LogP contribution in [0.5, 0.6) is 5.75 Å². The Morgan fingerprint density at radius 2 is 1.95 bits per heavy atom. The molecule has 3 heteroatoms. The number of ether oxygens (including phenoxy) is 1. The molecule has 1 aromatic rings. The topological polar surface area (TPSA) is 38.5 Å². The van der Waals surface area contributed by atoms with E-state index < -0.39 is 0 Å². The monoisotopic (exact) mass is 262 g/mol. The molecule has 1 aromatic carbocycles. The van der Waals surface area contributed by atoms with E-state index in [9.17, 15) is 0 Å². The molecule has 0 saturated heterocycles. The van der Waals surface area contributed by atoms with Gasteiger partial charge in [0.2, 0.25) is 0 Å². The van der Waals surface area contributed by atoms with Crippen molar-refractivity contribution in [2.75, 3.05) is 19.1 Å². The highest BCUT2D eigenvalue weighted by Crippen LogP contribution is 2.36. The van der Waals surface area contributed by atoms with Crippen molar-refractivity contribution in [3.05, 3.63) is 23.8 Å². The summed E-state index contributed by atoms with van der Waals surface area (Å²) in [5, 5.41) is 0. The molecule has 1 aliphatic carbocycles. The first-order chi connectivity index (χ1) is 9.15. The van der Waals surface area contributed by atoms with Crippen molar-refractivity contribution in [1.29, 1.82) is 0 Å². The minimum atomic E-state index is -0.0165. The number of anilines is 1. The zero-order chi connectivity index (χ0) is 13.8. The molecule has 1 saturated carbocycles. The van der Waals surface area contributed by atoms with Gasteiger partial charge in [-0.25, -0.2) is 0 Å². The minimum absolute atomic E-state index is 0.0165. The van der Waals surface area contributed by atoms with Gasteiger partial charge in [0.15, 0.2) is 0 Å².